The van der Waals surface area contributed by atoms with Gasteiger partial charge in [0.1, 0.15) is 5.52 Å². The summed E-state index contributed by atoms with van der Waals surface area (Å²) in [6.07, 6.45) is 3.10. The standard InChI is InChI=1S/C9H6ClNO/c1-2-6-3-7(10)9-8(4-6)11-5-12-9/h2-5H,1H2. The molecular formula is C9H6ClNO. The van der Waals surface area contributed by atoms with Gasteiger partial charge in [0, 0.05) is 0 Å². The molecule has 0 fully saturated rings. The molecule has 3 heteroatoms. The molecule has 1 aromatic carbocycles. The minimum atomic E-state index is 0.569. The van der Waals surface area contributed by atoms with E-state index in [1.165, 1.54) is 6.39 Å². The van der Waals surface area contributed by atoms with Crippen molar-refractivity contribution in [3.63, 3.8) is 0 Å². The van der Waals surface area contributed by atoms with E-state index < -0.39 is 0 Å². The van der Waals surface area contributed by atoms with Crippen molar-refractivity contribution in [2.24, 2.45) is 0 Å². The first-order chi connectivity index (χ1) is 5.81. The highest BCUT2D eigenvalue weighted by atomic mass is 35.5. The van der Waals surface area contributed by atoms with Crippen molar-refractivity contribution in [1.82, 2.24) is 4.98 Å². The van der Waals surface area contributed by atoms with E-state index in [-0.39, 0.29) is 0 Å². The van der Waals surface area contributed by atoms with Crippen molar-refractivity contribution >= 4 is 28.8 Å². The van der Waals surface area contributed by atoms with Crippen LogP contribution in [0.4, 0.5) is 0 Å². The Morgan fingerprint density at radius 3 is 3.08 bits per heavy atom. The van der Waals surface area contributed by atoms with Crippen LogP contribution in [-0.2, 0) is 0 Å². The minimum Gasteiger partial charge on any atom is -0.442 e. The summed E-state index contributed by atoms with van der Waals surface area (Å²) >= 11 is 5.90. The predicted molar refractivity (Wildman–Crippen MR) is 49.1 cm³/mol. The monoisotopic (exact) mass is 179 g/mol. The maximum atomic E-state index is 5.90. The van der Waals surface area contributed by atoms with Gasteiger partial charge in [-0.25, -0.2) is 4.98 Å². The summed E-state index contributed by atoms with van der Waals surface area (Å²) in [5.74, 6) is 0. The van der Waals surface area contributed by atoms with Gasteiger partial charge in [-0.3, -0.25) is 0 Å². The molecule has 0 spiro atoms. The molecule has 0 N–H and O–H groups in total. The second kappa shape index (κ2) is 2.64. The normalized spacial score (nSPS) is 10.4. The van der Waals surface area contributed by atoms with E-state index in [1.807, 2.05) is 6.07 Å². The Kier molecular flexibility index (Phi) is 1.62. The average molecular weight is 180 g/mol. The molecule has 60 valence electrons. The lowest BCUT2D eigenvalue weighted by Crippen LogP contribution is -1.74. The van der Waals surface area contributed by atoms with Gasteiger partial charge in [0.2, 0.25) is 0 Å². The fourth-order valence-electron chi connectivity index (χ4n) is 1.07. The smallest absolute Gasteiger partial charge is 0.182 e. The third-order valence-corrected chi connectivity index (χ3v) is 1.93. The van der Waals surface area contributed by atoms with E-state index in [0.717, 1.165) is 11.1 Å². The van der Waals surface area contributed by atoms with Gasteiger partial charge in [-0.05, 0) is 17.7 Å². The van der Waals surface area contributed by atoms with Gasteiger partial charge in [-0.15, -0.1) is 0 Å². The van der Waals surface area contributed by atoms with Crippen LogP contribution in [0.2, 0.25) is 5.02 Å². The highest BCUT2D eigenvalue weighted by Gasteiger charge is 2.03. The van der Waals surface area contributed by atoms with Crippen molar-refractivity contribution in [1.29, 1.82) is 0 Å². The summed E-state index contributed by atoms with van der Waals surface area (Å²) < 4.78 is 5.07. The van der Waals surface area contributed by atoms with E-state index in [2.05, 4.69) is 11.6 Å². The number of halogens is 1. The summed E-state index contributed by atoms with van der Waals surface area (Å²) in [4.78, 5) is 3.99. The summed E-state index contributed by atoms with van der Waals surface area (Å²) in [6, 6.07) is 3.67. The largest absolute Gasteiger partial charge is 0.442 e. The van der Waals surface area contributed by atoms with E-state index in [4.69, 9.17) is 16.0 Å². The molecule has 0 aliphatic rings. The molecule has 0 bridgehead atoms. The van der Waals surface area contributed by atoms with Crippen LogP contribution in [0, 0.1) is 0 Å². The fourth-order valence-corrected chi connectivity index (χ4v) is 1.33. The van der Waals surface area contributed by atoms with Crippen molar-refractivity contribution in [2.45, 2.75) is 0 Å². The number of aromatic nitrogens is 1. The molecule has 2 aromatic rings. The quantitative estimate of drug-likeness (QED) is 0.672. The highest BCUT2D eigenvalue weighted by Crippen LogP contribution is 2.24. The third kappa shape index (κ3) is 1.01. The third-order valence-electron chi connectivity index (χ3n) is 1.64. The lowest BCUT2D eigenvalue weighted by atomic mass is 10.2. The Morgan fingerprint density at radius 1 is 1.50 bits per heavy atom. The number of hydrogen-bond acceptors (Lipinski definition) is 2. The molecule has 0 aliphatic heterocycles. The molecule has 2 nitrogen and oxygen atoms in total. The van der Waals surface area contributed by atoms with Crippen LogP contribution in [0.1, 0.15) is 5.56 Å². The van der Waals surface area contributed by atoms with Crippen LogP contribution in [0.25, 0.3) is 17.2 Å². The van der Waals surface area contributed by atoms with Gasteiger partial charge in [-0.1, -0.05) is 24.3 Å². The predicted octanol–water partition coefficient (Wildman–Crippen LogP) is 3.12. The van der Waals surface area contributed by atoms with Crippen LogP contribution in [0.5, 0.6) is 0 Å². The molecule has 0 atom stereocenters. The summed E-state index contributed by atoms with van der Waals surface area (Å²) in [5.41, 5.74) is 2.33. The number of benzene rings is 1. The second-order valence-corrected chi connectivity index (χ2v) is 2.81. The lowest BCUT2D eigenvalue weighted by molar-refractivity contribution is 0.602. The van der Waals surface area contributed by atoms with Crippen molar-refractivity contribution in [2.75, 3.05) is 0 Å². The first-order valence-electron chi connectivity index (χ1n) is 3.46. The number of fused-ring (bicyclic) bond motifs is 1. The van der Waals surface area contributed by atoms with Gasteiger partial charge in [0.05, 0.1) is 5.02 Å². The van der Waals surface area contributed by atoms with Gasteiger partial charge in [0.15, 0.2) is 12.0 Å². The van der Waals surface area contributed by atoms with Crippen LogP contribution in [-0.4, -0.2) is 4.98 Å². The molecule has 1 heterocycles. The van der Waals surface area contributed by atoms with E-state index >= 15 is 0 Å². The van der Waals surface area contributed by atoms with Crippen molar-refractivity contribution in [3.05, 3.63) is 35.7 Å². The van der Waals surface area contributed by atoms with E-state index in [0.29, 0.717) is 10.6 Å². The molecule has 0 radical (unpaired) electrons. The topological polar surface area (TPSA) is 26.0 Å². The van der Waals surface area contributed by atoms with Gasteiger partial charge < -0.3 is 4.42 Å². The maximum Gasteiger partial charge on any atom is 0.182 e. The summed E-state index contributed by atoms with van der Waals surface area (Å²) in [5, 5.41) is 0.569. The van der Waals surface area contributed by atoms with E-state index in [1.54, 1.807) is 12.1 Å². The zero-order valence-electron chi connectivity index (χ0n) is 6.25. The molecule has 0 amide bonds. The molecule has 0 saturated heterocycles. The molecule has 0 unspecified atom stereocenters. The zero-order chi connectivity index (χ0) is 8.55. The maximum absolute atomic E-state index is 5.90. The average Bonchev–Trinajstić information content (AvgIpc) is 2.52. The Balaban J connectivity index is 2.83. The minimum absolute atomic E-state index is 0.569. The number of rotatable bonds is 1. The zero-order valence-corrected chi connectivity index (χ0v) is 7.01. The number of oxazole rings is 1. The Morgan fingerprint density at radius 2 is 2.33 bits per heavy atom. The lowest BCUT2D eigenvalue weighted by Gasteiger charge is -1.94. The first kappa shape index (κ1) is 7.37. The van der Waals surface area contributed by atoms with Gasteiger partial charge in [-0.2, -0.15) is 0 Å². The molecule has 0 saturated carbocycles. The first-order valence-corrected chi connectivity index (χ1v) is 3.84. The Bertz CT molecular complexity index is 433. The van der Waals surface area contributed by atoms with Crippen LogP contribution in [0.3, 0.4) is 0 Å². The second-order valence-electron chi connectivity index (χ2n) is 2.41. The van der Waals surface area contributed by atoms with Crippen molar-refractivity contribution < 1.29 is 4.42 Å². The SMILES string of the molecule is C=Cc1cc(Cl)c2ocnc2c1. The summed E-state index contributed by atoms with van der Waals surface area (Å²) in [7, 11) is 0. The fraction of sp³-hybridized carbons (Fsp3) is 0. The van der Waals surface area contributed by atoms with E-state index in [9.17, 15) is 0 Å². The van der Waals surface area contributed by atoms with Gasteiger partial charge in [0.25, 0.3) is 0 Å². The highest BCUT2D eigenvalue weighted by molar-refractivity contribution is 6.34. The van der Waals surface area contributed by atoms with Crippen LogP contribution in [0.15, 0.2) is 29.5 Å². The molecule has 0 aliphatic carbocycles. The molecular weight excluding hydrogens is 174 g/mol. The number of hydrogen-bond donors (Lipinski definition) is 0. The number of nitrogens with zero attached hydrogens (tertiary/aromatic N) is 1. The molecule has 12 heavy (non-hydrogen) atoms. The Labute approximate surface area is 74.5 Å². The van der Waals surface area contributed by atoms with Crippen molar-refractivity contribution in [3.8, 4) is 0 Å². The van der Waals surface area contributed by atoms with Gasteiger partial charge >= 0.3 is 0 Å². The molecule has 1 aromatic heterocycles. The van der Waals surface area contributed by atoms with Crippen LogP contribution < -0.4 is 0 Å². The molecule has 2 rings (SSSR count). The van der Waals surface area contributed by atoms with Crippen LogP contribution >= 0.6 is 11.6 Å². The Hall–Kier alpha value is -1.28. The summed E-state index contributed by atoms with van der Waals surface area (Å²) in [6.45, 7) is 3.65.